The highest BCUT2D eigenvalue weighted by Crippen LogP contribution is 2.16. The average molecular weight is 322 g/mol. The van der Waals surface area contributed by atoms with Crippen LogP contribution in [0.1, 0.15) is 29.4 Å². The standard InChI is InChI=1S/C16H20ClN3O2/c1-11(21)8-9-19(3)16(22)15-10-20(18-12(15)2)14-6-4-13(17)5-7-14/h4-7,10-11,21H,8-9H2,1-3H3. The number of aliphatic hydroxyl groups is 1. The number of aromatic nitrogens is 2. The van der Waals surface area contributed by atoms with E-state index in [9.17, 15) is 9.90 Å². The summed E-state index contributed by atoms with van der Waals surface area (Å²) >= 11 is 5.88. The molecule has 0 radical (unpaired) electrons. The number of rotatable bonds is 5. The topological polar surface area (TPSA) is 58.4 Å². The molecule has 22 heavy (non-hydrogen) atoms. The molecule has 5 nitrogen and oxygen atoms in total. The summed E-state index contributed by atoms with van der Waals surface area (Å²) in [5.74, 6) is -0.0987. The molecule has 0 fully saturated rings. The van der Waals surface area contributed by atoms with Crippen LogP contribution in [0.4, 0.5) is 0 Å². The lowest BCUT2D eigenvalue weighted by atomic mass is 10.2. The second-order valence-electron chi connectivity index (χ2n) is 5.41. The molecule has 1 aromatic heterocycles. The number of nitrogens with zero attached hydrogens (tertiary/aromatic N) is 3. The van der Waals surface area contributed by atoms with E-state index in [1.54, 1.807) is 41.9 Å². The van der Waals surface area contributed by atoms with Gasteiger partial charge in [0.2, 0.25) is 0 Å². The van der Waals surface area contributed by atoms with Gasteiger partial charge < -0.3 is 10.0 Å². The minimum Gasteiger partial charge on any atom is -0.393 e. The summed E-state index contributed by atoms with van der Waals surface area (Å²) in [5.41, 5.74) is 2.07. The predicted octanol–water partition coefficient (Wildman–Crippen LogP) is 2.68. The highest BCUT2D eigenvalue weighted by molar-refractivity contribution is 6.30. The zero-order valence-electron chi connectivity index (χ0n) is 13.0. The number of aryl methyl sites for hydroxylation is 1. The van der Waals surface area contributed by atoms with Gasteiger partial charge in [0.05, 0.1) is 23.0 Å². The maximum Gasteiger partial charge on any atom is 0.257 e. The van der Waals surface area contributed by atoms with Gasteiger partial charge in [-0.15, -0.1) is 0 Å². The number of carbonyl (C=O) groups is 1. The van der Waals surface area contributed by atoms with Crippen LogP contribution < -0.4 is 0 Å². The molecular weight excluding hydrogens is 302 g/mol. The van der Waals surface area contributed by atoms with E-state index in [0.29, 0.717) is 29.2 Å². The Hall–Kier alpha value is -1.85. The molecule has 0 bridgehead atoms. The minimum atomic E-state index is -0.423. The molecule has 0 saturated carbocycles. The molecule has 6 heteroatoms. The van der Waals surface area contributed by atoms with Crippen molar-refractivity contribution in [2.45, 2.75) is 26.4 Å². The van der Waals surface area contributed by atoms with Crippen molar-refractivity contribution in [3.05, 3.63) is 46.7 Å². The van der Waals surface area contributed by atoms with Crippen molar-refractivity contribution in [3.8, 4) is 5.69 Å². The molecule has 1 aromatic carbocycles. The van der Waals surface area contributed by atoms with Gasteiger partial charge in [-0.05, 0) is 44.5 Å². The molecule has 0 spiro atoms. The number of halogens is 1. The van der Waals surface area contributed by atoms with Gasteiger partial charge in [0.15, 0.2) is 0 Å². The van der Waals surface area contributed by atoms with Crippen molar-refractivity contribution >= 4 is 17.5 Å². The first-order chi connectivity index (χ1) is 10.4. The number of aliphatic hydroxyl groups excluding tert-OH is 1. The van der Waals surface area contributed by atoms with Gasteiger partial charge in [0.25, 0.3) is 5.91 Å². The zero-order chi connectivity index (χ0) is 16.3. The SMILES string of the molecule is Cc1nn(-c2ccc(Cl)cc2)cc1C(=O)N(C)CCC(C)O. The number of benzene rings is 1. The van der Waals surface area contributed by atoms with Crippen molar-refractivity contribution in [1.29, 1.82) is 0 Å². The monoisotopic (exact) mass is 321 g/mol. The maximum atomic E-state index is 12.4. The second-order valence-corrected chi connectivity index (χ2v) is 5.85. The van der Waals surface area contributed by atoms with E-state index >= 15 is 0 Å². The summed E-state index contributed by atoms with van der Waals surface area (Å²) in [4.78, 5) is 14.0. The first-order valence-corrected chi connectivity index (χ1v) is 7.52. The van der Waals surface area contributed by atoms with Crippen LogP contribution in [-0.2, 0) is 0 Å². The van der Waals surface area contributed by atoms with E-state index < -0.39 is 6.10 Å². The third-order valence-corrected chi connectivity index (χ3v) is 3.70. The van der Waals surface area contributed by atoms with E-state index in [1.165, 1.54) is 0 Å². The number of hydrogen-bond acceptors (Lipinski definition) is 3. The highest BCUT2D eigenvalue weighted by atomic mass is 35.5. The molecule has 0 aliphatic carbocycles. The van der Waals surface area contributed by atoms with Crippen molar-refractivity contribution in [2.24, 2.45) is 0 Å². The fourth-order valence-corrected chi connectivity index (χ4v) is 2.21. The largest absolute Gasteiger partial charge is 0.393 e. The van der Waals surface area contributed by atoms with E-state index in [-0.39, 0.29) is 5.91 Å². The van der Waals surface area contributed by atoms with Gasteiger partial charge in [0, 0.05) is 24.8 Å². The molecular formula is C16H20ClN3O2. The van der Waals surface area contributed by atoms with Crippen molar-refractivity contribution in [1.82, 2.24) is 14.7 Å². The van der Waals surface area contributed by atoms with Crippen LogP contribution in [0.3, 0.4) is 0 Å². The smallest absolute Gasteiger partial charge is 0.257 e. The summed E-state index contributed by atoms with van der Waals surface area (Å²) in [6.07, 6.45) is 1.85. The summed E-state index contributed by atoms with van der Waals surface area (Å²) in [7, 11) is 1.73. The van der Waals surface area contributed by atoms with E-state index in [1.807, 2.05) is 19.1 Å². The molecule has 1 atom stereocenters. The van der Waals surface area contributed by atoms with Gasteiger partial charge in [0.1, 0.15) is 0 Å². The average Bonchev–Trinajstić information content (AvgIpc) is 2.86. The Morgan fingerprint density at radius 2 is 2.05 bits per heavy atom. The predicted molar refractivity (Wildman–Crippen MR) is 86.6 cm³/mol. The Morgan fingerprint density at radius 1 is 1.41 bits per heavy atom. The lowest BCUT2D eigenvalue weighted by molar-refractivity contribution is 0.0768. The quantitative estimate of drug-likeness (QED) is 0.921. The molecule has 1 N–H and O–H groups in total. The Balaban J connectivity index is 2.18. The second kappa shape index (κ2) is 6.94. The van der Waals surface area contributed by atoms with Crippen LogP contribution in [0.25, 0.3) is 5.69 Å². The third kappa shape index (κ3) is 3.87. The van der Waals surface area contributed by atoms with E-state index in [0.717, 1.165) is 5.69 Å². The Bertz CT molecular complexity index is 650. The Kier molecular flexibility index (Phi) is 5.21. The fourth-order valence-electron chi connectivity index (χ4n) is 2.08. The van der Waals surface area contributed by atoms with Gasteiger partial charge in [-0.2, -0.15) is 5.10 Å². The zero-order valence-corrected chi connectivity index (χ0v) is 13.7. The molecule has 2 aromatic rings. The normalized spacial score (nSPS) is 12.2. The van der Waals surface area contributed by atoms with Gasteiger partial charge in [-0.3, -0.25) is 4.79 Å². The molecule has 0 aliphatic rings. The first-order valence-electron chi connectivity index (χ1n) is 7.14. The summed E-state index contributed by atoms with van der Waals surface area (Å²) in [6, 6.07) is 7.26. The Morgan fingerprint density at radius 3 is 2.64 bits per heavy atom. The number of amides is 1. The molecule has 0 saturated heterocycles. The lowest BCUT2D eigenvalue weighted by Crippen LogP contribution is -2.29. The summed E-state index contributed by atoms with van der Waals surface area (Å²) in [6.45, 7) is 4.02. The molecule has 2 rings (SSSR count). The van der Waals surface area contributed by atoms with Crippen LogP contribution in [0.2, 0.25) is 5.02 Å². The third-order valence-electron chi connectivity index (χ3n) is 3.45. The van der Waals surface area contributed by atoms with Crippen molar-refractivity contribution < 1.29 is 9.90 Å². The summed E-state index contributed by atoms with van der Waals surface area (Å²) in [5, 5.41) is 14.4. The van der Waals surface area contributed by atoms with Crippen LogP contribution in [0.15, 0.2) is 30.5 Å². The van der Waals surface area contributed by atoms with Crippen LogP contribution >= 0.6 is 11.6 Å². The summed E-state index contributed by atoms with van der Waals surface area (Å²) < 4.78 is 1.67. The van der Waals surface area contributed by atoms with Crippen molar-refractivity contribution in [2.75, 3.05) is 13.6 Å². The maximum absolute atomic E-state index is 12.4. The molecule has 1 unspecified atom stereocenters. The lowest BCUT2D eigenvalue weighted by Gasteiger charge is -2.17. The van der Waals surface area contributed by atoms with Gasteiger partial charge in [-0.25, -0.2) is 4.68 Å². The molecule has 1 amide bonds. The number of carbonyl (C=O) groups excluding carboxylic acids is 1. The molecule has 1 heterocycles. The van der Waals surface area contributed by atoms with Crippen LogP contribution in [0.5, 0.6) is 0 Å². The van der Waals surface area contributed by atoms with Crippen LogP contribution in [0, 0.1) is 6.92 Å². The van der Waals surface area contributed by atoms with Gasteiger partial charge in [-0.1, -0.05) is 11.6 Å². The van der Waals surface area contributed by atoms with Crippen LogP contribution in [-0.4, -0.2) is 45.4 Å². The van der Waals surface area contributed by atoms with Crippen molar-refractivity contribution in [3.63, 3.8) is 0 Å². The Labute approximate surface area is 135 Å². The molecule has 0 aliphatic heterocycles. The number of hydrogen-bond donors (Lipinski definition) is 1. The molecule has 118 valence electrons. The fraction of sp³-hybridized carbons (Fsp3) is 0.375. The highest BCUT2D eigenvalue weighted by Gasteiger charge is 2.18. The van der Waals surface area contributed by atoms with Gasteiger partial charge >= 0.3 is 0 Å². The van der Waals surface area contributed by atoms with E-state index in [2.05, 4.69) is 5.10 Å². The first kappa shape index (κ1) is 16.5. The minimum absolute atomic E-state index is 0.0987. The van der Waals surface area contributed by atoms with E-state index in [4.69, 9.17) is 11.6 Å².